The number of likely N-dealkylation sites (tertiary alicyclic amines) is 1. The minimum Gasteiger partial charge on any atom is -0.479 e. The second-order valence-corrected chi connectivity index (χ2v) is 4.22. The smallest absolute Gasteiger partial charge is 0.227 e. The van der Waals surface area contributed by atoms with E-state index in [9.17, 15) is 4.79 Å². The number of aliphatic hydroxyl groups is 1. The van der Waals surface area contributed by atoms with Crippen LogP contribution in [0.4, 0.5) is 0 Å². The summed E-state index contributed by atoms with van der Waals surface area (Å²) in [5.41, 5.74) is 0.894. The number of hydrogen-bond donors (Lipinski definition) is 1. The highest BCUT2D eigenvalue weighted by Crippen LogP contribution is 2.15. The van der Waals surface area contributed by atoms with Crippen molar-refractivity contribution in [3.05, 3.63) is 29.8 Å². The molecule has 5 nitrogen and oxygen atoms in total. The summed E-state index contributed by atoms with van der Waals surface area (Å²) in [6.07, 6.45) is -0.0404. The van der Waals surface area contributed by atoms with E-state index in [1.165, 1.54) is 0 Å². The molecular formula is C13H14N2O3. The Kier molecular flexibility index (Phi) is 3.80. The Morgan fingerprint density at radius 2 is 2.11 bits per heavy atom. The molecule has 0 aromatic heterocycles. The average molecular weight is 246 g/mol. The van der Waals surface area contributed by atoms with Gasteiger partial charge in [-0.2, -0.15) is 5.26 Å². The molecule has 1 aromatic rings. The van der Waals surface area contributed by atoms with Gasteiger partial charge < -0.3 is 14.7 Å². The summed E-state index contributed by atoms with van der Waals surface area (Å²) >= 11 is 0. The molecule has 94 valence electrons. The van der Waals surface area contributed by atoms with Gasteiger partial charge in [-0.25, -0.2) is 0 Å². The van der Waals surface area contributed by atoms with E-state index in [1.807, 2.05) is 6.07 Å². The highest BCUT2D eigenvalue weighted by molar-refractivity contribution is 5.79. The first-order valence-corrected chi connectivity index (χ1v) is 5.73. The first-order chi connectivity index (χ1) is 8.69. The molecule has 0 saturated carbocycles. The van der Waals surface area contributed by atoms with E-state index in [1.54, 1.807) is 29.2 Å². The van der Waals surface area contributed by atoms with Crippen LogP contribution in [-0.2, 0) is 11.2 Å². The van der Waals surface area contributed by atoms with Crippen molar-refractivity contribution < 1.29 is 14.6 Å². The summed E-state index contributed by atoms with van der Waals surface area (Å²) in [6, 6.07) is 8.99. The molecule has 0 atom stereocenters. The van der Waals surface area contributed by atoms with E-state index >= 15 is 0 Å². The van der Waals surface area contributed by atoms with E-state index < -0.39 is 0 Å². The Morgan fingerprint density at radius 1 is 1.44 bits per heavy atom. The fraction of sp³-hybridized carbons (Fsp3) is 0.385. The fourth-order valence-corrected chi connectivity index (χ4v) is 1.76. The normalized spacial score (nSPS) is 14.8. The van der Waals surface area contributed by atoms with Crippen LogP contribution in [0.1, 0.15) is 5.56 Å². The van der Waals surface area contributed by atoms with E-state index in [0.717, 1.165) is 5.56 Å². The summed E-state index contributed by atoms with van der Waals surface area (Å²) in [6.45, 7) is 0.883. The predicted octanol–water partition coefficient (Wildman–Crippen LogP) is 0.335. The van der Waals surface area contributed by atoms with E-state index in [4.69, 9.17) is 15.1 Å². The first kappa shape index (κ1) is 12.4. The maximum absolute atomic E-state index is 11.7. The number of rotatable bonds is 4. The number of nitriles is 1. The molecule has 18 heavy (non-hydrogen) atoms. The van der Waals surface area contributed by atoms with Crippen molar-refractivity contribution in [3.8, 4) is 11.8 Å². The van der Waals surface area contributed by atoms with Gasteiger partial charge in [-0.3, -0.25) is 4.79 Å². The predicted molar refractivity (Wildman–Crippen MR) is 63.8 cm³/mol. The third-order valence-electron chi connectivity index (χ3n) is 2.80. The van der Waals surface area contributed by atoms with Crippen LogP contribution in [0.25, 0.3) is 0 Å². The highest BCUT2D eigenvalue weighted by Gasteiger charge is 2.28. The molecular weight excluding hydrogens is 232 g/mol. The van der Waals surface area contributed by atoms with Gasteiger partial charge in [-0.15, -0.1) is 0 Å². The molecule has 1 fully saturated rings. The van der Waals surface area contributed by atoms with Crippen molar-refractivity contribution in [2.45, 2.75) is 12.5 Å². The minimum absolute atomic E-state index is 0.0178. The van der Waals surface area contributed by atoms with Gasteiger partial charge in [0.2, 0.25) is 5.91 Å². The summed E-state index contributed by atoms with van der Waals surface area (Å²) in [4.78, 5) is 13.4. The summed E-state index contributed by atoms with van der Waals surface area (Å²) in [5, 5.41) is 17.5. The molecule has 0 aliphatic carbocycles. The lowest BCUT2D eigenvalue weighted by Crippen LogP contribution is -2.53. The Balaban J connectivity index is 1.86. The third-order valence-corrected chi connectivity index (χ3v) is 2.80. The van der Waals surface area contributed by atoms with E-state index in [2.05, 4.69) is 0 Å². The molecule has 0 bridgehead atoms. The van der Waals surface area contributed by atoms with Crippen LogP contribution in [0.3, 0.4) is 0 Å². The zero-order valence-corrected chi connectivity index (χ0v) is 9.87. The van der Waals surface area contributed by atoms with Gasteiger partial charge >= 0.3 is 0 Å². The van der Waals surface area contributed by atoms with Crippen LogP contribution in [-0.4, -0.2) is 41.7 Å². The zero-order chi connectivity index (χ0) is 13.0. The number of hydrogen-bond acceptors (Lipinski definition) is 4. The van der Waals surface area contributed by atoms with Crippen molar-refractivity contribution in [1.82, 2.24) is 4.90 Å². The Bertz CT molecular complexity index is 458. The van der Waals surface area contributed by atoms with Gasteiger partial charge in [0.25, 0.3) is 0 Å². The molecule has 0 radical (unpaired) electrons. The maximum atomic E-state index is 11.7. The number of nitrogens with zero attached hydrogens (tertiary/aromatic N) is 2. The number of amides is 1. The van der Waals surface area contributed by atoms with E-state index in [0.29, 0.717) is 25.3 Å². The Morgan fingerprint density at radius 3 is 2.67 bits per heavy atom. The quantitative estimate of drug-likeness (QED) is 0.831. The molecule has 2 rings (SSSR count). The molecule has 1 aromatic carbocycles. The third kappa shape index (κ3) is 2.99. The molecule has 1 aliphatic rings. The topological polar surface area (TPSA) is 73.6 Å². The van der Waals surface area contributed by atoms with Crippen molar-refractivity contribution in [3.63, 3.8) is 0 Å². The van der Waals surface area contributed by atoms with E-state index in [-0.39, 0.29) is 18.6 Å². The SMILES string of the molecule is N#CCOc1ccc(CC(=O)N2CC(O)C2)cc1. The summed E-state index contributed by atoms with van der Waals surface area (Å²) in [7, 11) is 0. The largest absolute Gasteiger partial charge is 0.479 e. The summed E-state index contributed by atoms with van der Waals surface area (Å²) < 4.78 is 5.12. The van der Waals surface area contributed by atoms with Crippen LogP contribution >= 0.6 is 0 Å². The van der Waals surface area contributed by atoms with Crippen LogP contribution in [0.5, 0.6) is 5.75 Å². The van der Waals surface area contributed by atoms with Gasteiger partial charge in [0.1, 0.15) is 11.8 Å². The number of benzene rings is 1. The molecule has 1 aliphatic heterocycles. The standard InChI is InChI=1S/C13H14N2O3/c14-5-6-18-12-3-1-10(2-4-12)7-13(17)15-8-11(16)9-15/h1-4,11,16H,6-9H2. The molecule has 0 unspecified atom stereocenters. The second-order valence-electron chi connectivity index (χ2n) is 4.22. The number of carbonyl (C=O) groups is 1. The van der Waals surface area contributed by atoms with Gasteiger partial charge in [-0.05, 0) is 17.7 Å². The Labute approximate surface area is 105 Å². The zero-order valence-electron chi connectivity index (χ0n) is 9.87. The monoisotopic (exact) mass is 246 g/mol. The van der Waals surface area contributed by atoms with Gasteiger partial charge in [0, 0.05) is 13.1 Å². The van der Waals surface area contributed by atoms with Gasteiger partial charge in [0.05, 0.1) is 12.5 Å². The van der Waals surface area contributed by atoms with Crippen LogP contribution in [0.15, 0.2) is 24.3 Å². The highest BCUT2D eigenvalue weighted by atomic mass is 16.5. The van der Waals surface area contributed by atoms with Crippen molar-refractivity contribution >= 4 is 5.91 Å². The lowest BCUT2D eigenvalue weighted by molar-refractivity contribution is -0.140. The summed E-state index contributed by atoms with van der Waals surface area (Å²) in [5.74, 6) is 0.637. The average Bonchev–Trinajstić information content (AvgIpc) is 2.34. The molecule has 1 amide bonds. The van der Waals surface area contributed by atoms with Crippen molar-refractivity contribution in [2.24, 2.45) is 0 Å². The molecule has 1 heterocycles. The molecule has 1 N–H and O–H groups in total. The minimum atomic E-state index is -0.365. The molecule has 5 heteroatoms. The lowest BCUT2D eigenvalue weighted by Gasteiger charge is -2.35. The molecule has 1 saturated heterocycles. The number of ether oxygens (including phenoxy) is 1. The molecule has 0 spiro atoms. The van der Waals surface area contributed by atoms with Crippen molar-refractivity contribution in [1.29, 1.82) is 5.26 Å². The Hall–Kier alpha value is -2.06. The number of β-amino-alcohol motifs (C(OH)–C–C–N with tert-alkyl or cyclic N) is 1. The van der Waals surface area contributed by atoms with Crippen LogP contribution in [0, 0.1) is 11.3 Å². The van der Waals surface area contributed by atoms with Gasteiger partial charge in [-0.1, -0.05) is 12.1 Å². The first-order valence-electron chi connectivity index (χ1n) is 5.73. The van der Waals surface area contributed by atoms with Crippen LogP contribution < -0.4 is 4.74 Å². The van der Waals surface area contributed by atoms with Crippen molar-refractivity contribution in [2.75, 3.05) is 19.7 Å². The maximum Gasteiger partial charge on any atom is 0.227 e. The number of aliphatic hydroxyl groups excluding tert-OH is 1. The number of carbonyl (C=O) groups excluding carboxylic acids is 1. The second kappa shape index (κ2) is 5.52. The lowest BCUT2D eigenvalue weighted by atomic mass is 10.1. The van der Waals surface area contributed by atoms with Crippen LogP contribution in [0.2, 0.25) is 0 Å². The fourth-order valence-electron chi connectivity index (χ4n) is 1.76. The van der Waals surface area contributed by atoms with Gasteiger partial charge in [0.15, 0.2) is 6.61 Å².